The lowest BCUT2D eigenvalue weighted by Gasteiger charge is -2.19. The number of hydrogen-bond donors (Lipinski definition) is 0. The topological polar surface area (TPSA) is 39.2 Å². The van der Waals surface area contributed by atoms with Crippen LogP contribution < -0.4 is 0 Å². The van der Waals surface area contributed by atoms with Crippen LogP contribution in [0.25, 0.3) is 0 Å². The van der Waals surface area contributed by atoms with Crippen molar-refractivity contribution in [3.05, 3.63) is 29.3 Å². The van der Waals surface area contributed by atoms with Crippen LogP contribution in [0, 0.1) is 12.7 Å². The summed E-state index contributed by atoms with van der Waals surface area (Å²) in [5.74, 6) is -1.28. The second-order valence-electron chi connectivity index (χ2n) is 4.26. The number of carbonyl (C=O) groups is 1. The zero-order valence-corrected chi connectivity index (χ0v) is 9.30. The van der Waals surface area contributed by atoms with Crippen LogP contribution >= 0.6 is 0 Å². The normalized spacial score (nSPS) is 11.3. The van der Waals surface area contributed by atoms with Gasteiger partial charge in [0.2, 0.25) is 0 Å². The van der Waals surface area contributed by atoms with Crippen molar-refractivity contribution in [3.8, 4) is 0 Å². The van der Waals surface area contributed by atoms with Crippen molar-refractivity contribution in [1.29, 1.82) is 0 Å². The molecule has 1 aromatic heterocycles. The van der Waals surface area contributed by atoms with E-state index in [0.29, 0.717) is 0 Å². The second-order valence-corrected chi connectivity index (χ2v) is 4.26. The molecular weight excluding hydrogens is 197 g/mol. The molecule has 15 heavy (non-hydrogen) atoms. The van der Waals surface area contributed by atoms with Crippen LogP contribution in [0.4, 0.5) is 4.39 Å². The molecule has 82 valence electrons. The van der Waals surface area contributed by atoms with Crippen molar-refractivity contribution in [2.75, 3.05) is 0 Å². The molecule has 0 aliphatic carbocycles. The molecule has 0 spiro atoms. The minimum atomic E-state index is -0.662. The lowest BCUT2D eigenvalue weighted by molar-refractivity contribution is 0.00643. The maximum Gasteiger partial charge on any atom is 0.341 e. The van der Waals surface area contributed by atoms with E-state index in [-0.39, 0.29) is 11.3 Å². The van der Waals surface area contributed by atoms with E-state index in [1.165, 1.54) is 19.2 Å². The summed E-state index contributed by atoms with van der Waals surface area (Å²) in [4.78, 5) is 15.3. The number of esters is 1. The SMILES string of the molecule is Cc1nccc(C(=O)OC(C)(C)C)c1F. The van der Waals surface area contributed by atoms with E-state index in [1.807, 2.05) is 0 Å². The fourth-order valence-corrected chi connectivity index (χ4v) is 1.04. The highest BCUT2D eigenvalue weighted by atomic mass is 19.1. The van der Waals surface area contributed by atoms with E-state index in [9.17, 15) is 9.18 Å². The fraction of sp³-hybridized carbons (Fsp3) is 0.455. The molecule has 1 heterocycles. The Bertz CT molecular complexity index is 383. The molecule has 1 rings (SSSR count). The number of carbonyl (C=O) groups excluding carboxylic acids is 1. The second kappa shape index (κ2) is 3.96. The summed E-state index contributed by atoms with van der Waals surface area (Å²) in [5.41, 5.74) is -0.503. The number of nitrogens with zero attached hydrogens (tertiary/aromatic N) is 1. The smallest absolute Gasteiger partial charge is 0.341 e. The first kappa shape index (κ1) is 11.6. The van der Waals surface area contributed by atoms with Gasteiger partial charge in [0, 0.05) is 6.20 Å². The van der Waals surface area contributed by atoms with Crippen molar-refractivity contribution >= 4 is 5.97 Å². The Balaban J connectivity index is 2.97. The Labute approximate surface area is 88.3 Å². The molecule has 0 saturated heterocycles. The first-order valence-corrected chi connectivity index (χ1v) is 4.66. The van der Waals surface area contributed by atoms with Crippen molar-refractivity contribution in [2.45, 2.75) is 33.3 Å². The predicted molar refractivity (Wildman–Crippen MR) is 54.1 cm³/mol. The van der Waals surface area contributed by atoms with Crippen LogP contribution in [-0.2, 0) is 4.74 Å². The quantitative estimate of drug-likeness (QED) is 0.670. The molecule has 3 nitrogen and oxygen atoms in total. The summed E-state index contributed by atoms with van der Waals surface area (Å²) < 4.78 is 18.5. The van der Waals surface area contributed by atoms with E-state index in [1.54, 1.807) is 20.8 Å². The van der Waals surface area contributed by atoms with Gasteiger partial charge in [-0.15, -0.1) is 0 Å². The summed E-state index contributed by atoms with van der Waals surface area (Å²) in [7, 11) is 0. The Hall–Kier alpha value is -1.45. The first-order chi connectivity index (χ1) is 6.81. The number of aromatic nitrogens is 1. The van der Waals surface area contributed by atoms with Gasteiger partial charge in [-0.25, -0.2) is 9.18 Å². The summed E-state index contributed by atoms with van der Waals surface area (Å²) in [6.07, 6.45) is 1.39. The molecule has 1 aromatic rings. The van der Waals surface area contributed by atoms with Crippen molar-refractivity contribution < 1.29 is 13.9 Å². The monoisotopic (exact) mass is 211 g/mol. The summed E-state index contributed by atoms with van der Waals surface area (Å²) in [6, 6.07) is 1.32. The van der Waals surface area contributed by atoms with Crippen molar-refractivity contribution in [3.63, 3.8) is 0 Å². The van der Waals surface area contributed by atoms with Crippen LogP contribution in [0.3, 0.4) is 0 Å². The summed E-state index contributed by atoms with van der Waals surface area (Å²) in [5, 5.41) is 0. The number of rotatable bonds is 1. The molecule has 0 aromatic carbocycles. The highest BCUT2D eigenvalue weighted by Crippen LogP contribution is 2.15. The molecule has 0 radical (unpaired) electrons. The van der Waals surface area contributed by atoms with Gasteiger partial charge in [-0.2, -0.15) is 0 Å². The molecule has 0 unspecified atom stereocenters. The Morgan fingerprint density at radius 3 is 2.60 bits per heavy atom. The zero-order valence-electron chi connectivity index (χ0n) is 9.30. The third kappa shape index (κ3) is 3.01. The van der Waals surface area contributed by atoms with Gasteiger partial charge in [-0.1, -0.05) is 0 Å². The van der Waals surface area contributed by atoms with E-state index in [2.05, 4.69) is 4.98 Å². The van der Waals surface area contributed by atoms with Gasteiger partial charge < -0.3 is 4.74 Å². The van der Waals surface area contributed by atoms with Gasteiger partial charge in [0.15, 0.2) is 5.82 Å². The Morgan fingerprint density at radius 2 is 2.07 bits per heavy atom. The highest BCUT2D eigenvalue weighted by Gasteiger charge is 2.21. The lowest BCUT2D eigenvalue weighted by Crippen LogP contribution is -2.24. The van der Waals surface area contributed by atoms with Gasteiger partial charge in [-0.3, -0.25) is 4.98 Å². The van der Waals surface area contributed by atoms with E-state index >= 15 is 0 Å². The summed E-state index contributed by atoms with van der Waals surface area (Å²) in [6.45, 7) is 6.70. The van der Waals surface area contributed by atoms with Crippen LogP contribution in [-0.4, -0.2) is 16.6 Å². The fourth-order valence-electron chi connectivity index (χ4n) is 1.04. The zero-order chi connectivity index (χ0) is 11.6. The van der Waals surface area contributed by atoms with E-state index in [0.717, 1.165) is 0 Å². The maximum atomic E-state index is 13.5. The maximum absolute atomic E-state index is 13.5. The molecule has 0 aliphatic heterocycles. The van der Waals surface area contributed by atoms with E-state index in [4.69, 9.17) is 4.74 Å². The minimum absolute atomic E-state index is 0.0718. The van der Waals surface area contributed by atoms with Gasteiger partial charge in [0.1, 0.15) is 5.60 Å². The molecule has 0 fully saturated rings. The lowest BCUT2D eigenvalue weighted by atomic mass is 10.1. The van der Waals surface area contributed by atoms with Gasteiger partial charge in [0.05, 0.1) is 11.3 Å². The molecule has 0 N–H and O–H groups in total. The molecule has 0 bridgehead atoms. The third-order valence-electron chi connectivity index (χ3n) is 1.68. The highest BCUT2D eigenvalue weighted by molar-refractivity contribution is 5.90. The van der Waals surface area contributed by atoms with Crippen LogP contribution in [0.15, 0.2) is 12.3 Å². The van der Waals surface area contributed by atoms with Crippen LogP contribution in [0.1, 0.15) is 36.8 Å². The number of aryl methyl sites for hydroxylation is 1. The van der Waals surface area contributed by atoms with Gasteiger partial charge >= 0.3 is 5.97 Å². The van der Waals surface area contributed by atoms with E-state index < -0.39 is 17.4 Å². The van der Waals surface area contributed by atoms with Crippen LogP contribution in [0.5, 0.6) is 0 Å². The number of pyridine rings is 1. The third-order valence-corrected chi connectivity index (χ3v) is 1.68. The van der Waals surface area contributed by atoms with Gasteiger partial charge in [-0.05, 0) is 33.8 Å². The van der Waals surface area contributed by atoms with Crippen molar-refractivity contribution in [2.24, 2.45) is 0 Å². The summed E-state index contributed by atoms with van der Waals surface area (Å²) >= 11 is 0. The van der Waals surface area contributed by atoms with Gasteiger partial charge in [0.25, 0.3) is 0 Å². The molecule has 0 amide bonds. The molecule has 0 saturated carbocycles. The standard InChI is InChI=1S/C11H14FNO2/c1-7-9(12)8(5-6-13-7)10(14)15-11(2,3)4/h5-6H,1-4H3. The average molecular weight is 211 g/mol. The molecule has 0 aliphatic rings. The Morgan fingerprint density at radius 1 is 1.47 bits per heavy atom. The van der Waals surface area contributed by atoms with Crippen molar-refractivity contribution in [1.82, 2.24) is 4.98 Å². The predicted octanol–water partition coefficient (Wildman–Crippen LogP) is 2.48. The van der Waals surface area contributed by atoms with Crippen LogP contribution in [0.2, 0.25) is 0 Å². The molecule has 4 heteroatoms. The number of halogens is 1. The molecule has 0 atom stereocenters. The first-order valence-electron chi connectivity index (χ1n) is 4.66. The number of ether oxygens (including phenoxy) is 1. The minimum Gasteiger partial charge on any atom is -0.456 e. The Kier molecular flexibility index (Phi) is 3.07. The number of hydrogen-bond acceptors (Lipinski definition) is 3. The average Bonchev–Trinajstić information content (AvgIpc) is 2.06. The molecular formula is C11H14FNO2. The largest absolute Gasteiger partial charge is 0.456 e.